The zero-order valence-electron chi connectivity index (χ0n) is 17.9. The highest BCUT2D eigenvalue weighted by molar-refractivity contribution is 6.38. The molecule has 0 radical (unpaired) electrons. The Hall–Kier alpha value is -4.30. The van der Waals surface area contributed by atoms with Crippen molar-refractivity contribution in [2.45, 2.75) is 12.5 Å². The van der Waals surface area contributed by atoms with E-state index in [2.05, 4.69) is 15.4 Å². The van der Waals surface area contributed by atoms with E-state index < -0.39 is 23.6 Å². The molecule has 0 bridgehead atoms. The second-order valence-corrected chi connectivity index (χ2v) is 7.91. The molecule has 1 unspecified atom stereocenters. The fourth-order valence-electron chi connectivity index (χ4n) is 3.43. The van der Waals surface area contributed by atoms with E-state index in [9.17, 15) is 14.4 Å². The summed E-state index contributed by atoms with van der Waals surface area (Å²) in [6, 6.07) is 20.1. The zero-order valence-corrected chi connectivity index (χ0v) is 18.6. The van der Waals surface area contributed by atoms with Gasteiger partial charge in [0.05, 0.1) is 11.3 Å². The first-order valence-corrected chi connectivity index (χ1v) is 10.8. The number of ketones is 1. The number of nitrogens with one attached hydrogen (secondary N) is 1. The molecule has 34 heavy (non-hydrogen) atoms. The molecule has 170 valence electrons. The minimum atomic E-state index is -1.16. The molecule has 2 amide bonds. The van der Waals surface area contributed by atoms with Gasteiger partial charge >= 0.3 is 0 Å². The lowest BCUT2D eigenvalue weighted by molar-refractivity contribution is -0.137. The number of hydrogen-bond acceptors (Lipinski definition) is 5. The van der Waals surface area contributed by atoms with E-state index >= 15 is 0 Å². The Bertz CT molecular complexity index is 1340. The maximum Gasteiger partial charge on any atom is 0.287 e. The van der Waals surface area contributed by atoms with Gasteiger partial charge in [-0.25, -0.2) is 9.67 Å². The average Bonchev–Trinajstić information content (AvgIpc) is 3.35. The van der Waals surface area contributed by atoms with Gasteiger partial charge in [0.15, 0.2) is 5.82 Å². The van der Waals surface area contributed by atoms with Crippen LogP contribution in [0.15, 0.2) is 85.2 Å². The molecule has 2 aromatic heterocycles. The largest absolute Gasteiger partial charge is 0.363 e. The fraction of sp³-hybridized carbons (Fsp3) is 0.0800. The quantitative estimate of drug-likeness (QED) is 0.381. The number of Topliss-reactive ketones (excluding diaryl/α,β-unsaturated/α-hetero) is 1. The number of hydrogen-bond donors (Lipinski definition) is 2. The lowest BCUT2D eigenvalue weighted by Crippen LogP contribution is -2.47. The van der Waals surface area contributed by atoms with E-state index in [4.69, 9.17) is 17.3 Å². The van der Waals surface area contributed by atoms with Crippen molar-refractivity contribution >= 4 is 29.2 Å². The number of aromatic nitrogens is 3. The van der Waals surface area contributed by atoms with Gasteiger partial charge in [0, 0.05) is 29.4 Å². The summed E-state index contributed by atoms with van der Waals surface area (Å²) in [5.41, 5.74) is 7.73. The van der Waals surface area contributed by atoms with E-state index in [0.717, 1.165) is 5.56 Å². The van der Waals surface area contributed by atoms with Crippen LogP contribution >= 0.6 is 11.6 Å². The van der Waals surface area contributed by atoms with Gasteiger partial charge in [-0.1, -0.05) is 54.1 Å². The van der Waals surface area contributed by atoms with Crippen molar-refractivity contribution in [3.63, 3.8) is 0 Å². The number of amides is 2. The van der Waals surface area contributed by atoms with Gasteiger partial charge in [-0.2, -0.15) is 5.10 Å². The Balaban J connectivity index is 1.61. The summed E-state index contributed by atoms with van der Waals surface area (Å²) in [4.78, 5) is 41.5. The highest BCUT2D eigenvalue weighted by atomic mass is 35.5. The van der Waals surface area contributed by atoms with Crippen LogP contribution in [0.5, 0.6) is 0 Å². The Morgan fingerprint density at radius 2 is 1.71 bits per heavy atom. The molecule has 8 nitrogen and oxygen atoms in total. The normalized spacial score (nSPS) is 11.6. The Labute approximate surface area is 200 Å². The summed E-state index contributed by atoms with van der Waals surface area (Å²) in [5, 5.41) is 7.68. The van der Waals surface area contributed by atoms with Gasteiger partial charge in [0.25, 0.3) is 11.8 Å². The number of carbonyl (C=O) groups excluding carboxylic acids is 3. The third kappa shape index (κ3) is 5.19. The van der Waals surface area contributed by atoms with Gasteiger partial charge in [-0.05, 0) is 35.9 Å². The molecular weight excluding hydrogens is 454 g/mol. The summed E-state index contributed by atoms with van der Waals surface area (Å²) in [7, 11) is 0. The maximum atomic E-state index is 13.2. The van der Waals surface area contributed by atoms with Crippen LogP contribution in [0.3, 0.4) is 0 Å². The van der Waals surface area contributed by atoms with Crippen molar-refractivity contribution in [1.29, 1.82) is 0 Å². The highest BCUT2D eigenvalue weighted by Gasteiger charge is 2.27. The molecule has 0 spiro atoms. The van der Waals surface area contributed by atoms with Gasteiger partial charge in [0.1, 0.15) is 6.04 Å². The lowest BCUT2D eigenvalue weighted by Gasteiger charge is -2.17. The average molecular weight is 474 g/mol. The zero-order chi connectivity index (χ0) is 24.1. The summed E-state index contributed by atoms with van der Waals surface area (Å²) in [6.45, 7) is 0. The van der Waals surface area contributed by atoms with Crippen molar-refractivity contribution in [3.05, 3.63) is 101 Å². The van der Waals surface area contributed by atoms with Crippen molar-refractivity contribution in [2.75, 3.05) is 0 Å². The number of pyridine rings is 1. The molecule has 3 N–H and O–H groups in total. The van der Waals surface area contributed by atoms with Crippen LogP contribution in [-0.2, 0) is 16.0 Å². The Morgan fingerprint density at radius 1 is 0.971 bits per heavy atom. The van der Waals surface area contributed by atoms with E-state index in [-0.39, 0.29) is 17.8 Å². The maximum absolute atomic E-state index is 13.2. The lowest BCUT2D eigenvalue weighted by atomic mass is 10.0. The second-order valence-electron chi connectivity index (χ2n) is 7.47. The van der Waals surface area contributed by atoms with Crippen molar-refractivity contribution in [1.82, 2.24) is 20.1 Å². The molecule has 2 heterocycles. The molecule has 0 aliphatic carbocycles. The number of benzene rings is 2. The molecular formula is C25H20ClN5O3. The fourth-order valence-corrected chi connectivity index (χ4v) is 3.56. The smallest absolute Gasteiger partial charge is 0.287 e. The van der Waals surface area contributed by atoms with Crippen LogP contribution in [0, 0.1) is 0 Å². The predicted octanol–water partition coefficient (Wildman–Crippen LogP) is 2.98. The summed E-state index contributed by atoms with van der Waals surface area (Å²) >= 11 is 5.92. The number of halogens is 1. The molecule has 0 aliphatic rings. The topological polar surface area (TPSA) is 120 Å². The number of primary amides is 1. The molecule has 4 rings (SSSR count). The van der Waals surface area contributed by atoms with Gasteiger partial charge in [-0.3, -0.25) is 14.4 Å². The first-order chi connectivity index (χ1) is 16.4. The summed E-state index contributed by atoms with van der Waals surface area (Å²) < 4.78 is 1.49. The van der Waals surface area contributed by atoms with Gasteiger partial charge < -0.3 is 11.1 Å². The predicted molar refractivity (Wildman–Crippen MR) is 127 cm³/mol. The first-order valence-electron chi connectivity index (χ1n) is 10.4. The minimum absolute atomic E-state index is 0.0696. The van der Waals surface area contributed by atoms with Crippen LogP contribution in [-0.4, -0.2) is 38.4 Å². The van der Waals surface area contributed by atoms with Crippen LogP contribution in [0.4, 0.5) is 0 Å². The van der Waals surface area contributed by atoms with Gasteiger partial charge in [-0.15, -0.1) is 0 Å². The molecule has 4 aromatic rings. The van der Waals surface area contributed by atoms with Crippen molar-refractivity contribution in [2.24, 2.45) is 5.73 Å². The molecule has 0 saturated carbocycles. The number of rotatable bonds is 8. The van der Waals surface area contributed by atoms with E-state index in [0.29, 0.717) is 16.3 Å². The summed E-state index contributed by atoms with van der Waals surface area (Å²) in [5.74, 6) is -2.35. The molecule has 9 heteroatoms. The third-order valence-electron chi connectivity index (χ3n) is 5.12. The molecule has 2 aromatic carbocycles. The van der Waals surface area contributed by atoms with E-state index in [1.807, 2.05) is 36.4 Å². The first kappa shape index (κ1) is 22.9. The standard InChI is InChI=1S/C25H20ClN5O3/c26-18-10-8-16(9-11-18)15-21(22(32)23(27)33)29-25(34)19-7-4-13-28-24(19)31-14-12-20(30-31)17-5-2-1-3-6-17/h1-14,21H,15H2,(H2,27,33)(H,29,34). The van der Waals surface area contributed by atoms with E-state index in [1.165, 1.54) is 10.9 Å². The van der Waals surface area contributed by atoms with Crippen molar-refractivity contribution < 1.29 is 14.4 Å². The third-order valence-corrected chi connectivity index (χ3v) is 5.38. The highest BCUT2D eigenvalue weighted by Crippen LogP contribution is 2.19. The summed E-state index contributed by atoms with van der Waals surface area (Å²) in [6.07, 6.45) is 3.30. The Kier molecular flexibility index (Phi) is 6.79. The second kappa shape index (κ2) is 10.1. The molecule has 0 aliphatic heterocycles. The SMILES string of the molecule is NC(=O)C(=O)C(Cc1ccc(Cl)cc1)NC(=O)c1cccnc1-n1ccc(-c2ccccc2)n1. The van der Waals surface area contributed by atoms with Crippen LogP contribution in [0.1, 0.15) is 15.9 Å². The monoisotopic (exact) mass is 473 g/mol. The molecule has 0 fully saturated rings. The van der Waals surface area contributed by atoms with Crippen LogP contribution in [0.25, 0.3) is 17.1 Å². The van der Waals surface area contributed by atoms with Crippen molar-refractivity contribution in [3.8, 4) is 17.1 Å². The molecule has 0 saturated heterocycles. The number of carbonyl (C=O) groups is 3. The number of nitrogens with zero attached hydrogens (tertiary/aromatic N) is 3. The van der Waals surface area contributed by atoms with Crippen LogP contribution in [0.2, 0.25) is 5.02 Å². The number of nitrogens with two attached hydrogens (primary N) is 1. The minimum Gasteiger partial charge on any atom is -0.363 e. The van der Waals surface area contributed by atoms with E-state index in [1.54, 1.807) is 42.6 Å². The van der Waals surface area contributed by atoms with Crippen LogP contribution < -0.4 is 11.1 Å². The Morgan fingerprint density at radius 3 is 2.41 bits per heavy atom. The van der Waals surface area contributed by atoms with Gasteiger partial charge in [0.2, 0.25) is 5.78 Å². The molecule has 1 atom stereocenters.